The van der Waals surface area contributed by atoms with Gasteiger partial charge in [0.25, 0.3) is 0 Å². The van der Waals surface area contributed by atoms with Crippen LogP contribution in [0.1, 0.15) is 17.8 Å². The standard InChI is InChI=1S/C18H14IN3/c19-15-7-3-1-5-12(15)11-13-9-10-22-17(20)14-6-2-4-8-16(14)21-18(13)22/h1-8,11,20H,9-10H2/b13-11+,20-17?. The smallest absolute Gasteiger partial charge is 0.138 e. The van der Waals surface area contributed by atoms with Gasteiger partial charge in [-0.2, -0.15) is 0 Å². The van der Waals surface area contributed by atoms with Crippen LogP contribution >= 0.6 is 22.6 Å². The zero-order chi connectivity index (χ0) is 15.1. The van der Waals surface area contributed by atoms with Gasteiger partial charge in [0.15, 0.2) is 0 Å². The molecule has 0 fully saturated rings. The topological polar surface area (TPSA) is 41.7 Å². The number of halogens is 1. The monoisotopic (exact) mass is 399 g/mol. The molecule has 4 heteroatoms. The van der Waals surface area contributed by atoms with Crippen LogP contribution in [0.25, 0.3) is 22.6 Å². The zero-order valence-electron chi connectivity index (χ0n) is 11.9. The summed E-state index contributed by atoms with van der Waals surface area (Å²) >= 11 is 2.36. The van der Waals surface area contributed by atoms with E-state index >= 15 is 0 Å². The van der Waals surface area contributed by atoms with Crippen LogP contribution in [0, 0.1) is 8.98 Å². The number of nitrogens with zero attached hydrogens (tertiary/aromatic N) is 2. The van der Waals surface area contributed by atoms with Crippen LogP contribution in [-0.4, -0.2) is 9.55 Å². The molecule has 0 unspecified atom stereocenters. The highest BCUT2D eigenvalue weighted by Gasteiger charge is 2.19. The summed E-state index contributed by atoms with van der Waals surface area (Å²) in [4.78, 5) is 4.80. The number of nitrogens with one attached hydrogen (secondary N) is 1. The van der Waals surface area contributed by atoms with E-state index in [1.165, 1.54) is 14.7 Å². The van der Waals surface area contributed by atoms with Crippen molar-refractivity contribution in [2.24, 2.45) is 0 Å². The molecule has 0 spiro atoms. The second-order valence-corrected chi connectivity index (χ2v) is 6.56. The predicted octanol–water partition coefficient (Wildman–Crippen LogP) is 4.06. The summed E-state index contributed by atoms with van der Waals surface area (Å²) in [7, 11) is 0. The van der Waals surface area contributed by atoms with Crippen LogP contribution in [0.15, 0.2) is 48.5 Å². The lowest BCUT2D eigenvalue weighted by Crippen LogP contribution is -2.20. The van der Waals surface area contributed by atoms with Crippen LogP contribution in [0.2, 0.25) is 0 Å². The average Bonchev–Trinajstić information content (AvgIpc) is 2.93. The molecule has 3 nitrogen and oxygen atoms in total. The Balaban J connectivity index is 1.93. The minimum atomic E-state index is 0.562. The molecule has 2 aromatic carbocycles. The molecule has 0 bridgehead atoms. The van der Waals surface area contributed by atoms with E-state index in [4.69, 9.17) is 10.4 Å². The quantitative estimate of drug-likeness (QED) is 0.616. The lowest BCUT2D eigenvalue weighted by molar-refractivity contribution is 0.703. The first-order valence-corrected chi connectivity index (χ1v) is 8.31. The van der Waals surface area contributed by atoms with Crippen molar-refractivity contribution in [3.63, 3.8) is 0 Å². The summed E-state index contributed by atoms with van der Waals surface area (Å²) in [5.74, 6) is 0.934. The number of fused-ring (bicyclic) bond motifs is 2. The van der Waals surface area contributed by atoms with E-state index in [1.807, 2.05) is 28.8 Å². The highest BCUT2D eigenvalue weighted by atomic mass is 127. The van der Waals surface area contributed by atoms with E-state index < -0.39 is 0 Å². The Kier molecular flexibility index (Phi) is 3.33. The molecule has 0 amide bonds. The second kappa shape index (κ2) is 5.35. The lowest BCUT2D eigenvalue weighted by atomic mass is 10.1. The Morgan fingerprint density at radius 2 is 1.86 bits per heavy atom. The van der Waals surface area contributed by atoms with E-state index in [9.17, 15) is 0 Å². The molecule has 0 radical (unpaired) electrons. The van der Waals surface area contributed by atoms with Gasteiger partial charge < -0.3 is 4.57 Å². The summed E-state index contributed by atoms with van der Waals surface area (Å²) in [6, 6.07) is 16.2. The Morgan fingerprint density at radius 1 is 1.09 bits per heavy atom. The molecule has 1 aromatic heterocycles. The molecule has 0 aliphatic carbocycles. The fraction of sp³-hybridized carbons (Fsp3) is 0.111. The van der Waals surface area contributed by atoms with E-state index in [-0.39, 0.29) is 0 Å². The van der Waals surface area contributed by atoms with Crippen molar-refractivity contribution >= 4 is 45.1 Å². The van der Waals surface area contributed by atoms with Crippen LogP contribution in [-0.2, 0) is 6.54 Å². The van der Waals surface area contributed by atoms with E-state index in [1.54, 1.807) is 0 Å². The number of benzene rings is 2. The van der Waals surface area contributed by atoms with Crippen LogP contribution in [0.5, 0.6) is 0 Å². The normalized spacial score (nSPS) is 15.4. The fourth-order valence-electron chi connectivity index (χ4n) is 2.92. The largest absolute Gasteiger partial charge is 0.310 e. The van der Waals surface area contributed by atoms with Crippen molar-refractivity contribution in [2.45, 2.75) is 13.0 Å². The van der Waals surface area contributed by atoms with Gasteiger partial charge in [-0.1, -0.05) is 30.3 Å². The van der Waals surface area contributed by atoms with Gasteiger partial charge in [0.2, 0.25) is 0 Å². The third-order valence-corrected chi connectivity index (χ3v) is 5.02. The van der Waals surface area contributed by atoms with Crippen molar-refractivity contribution in [2.75, 3.05) is 0 Å². The molecule has 2 heterocycles. The van der Waals surface area contributed by atoms with Gasteiger partial charge >= 0.3 is 0 Å². The highest BCUT2D eigenvalue weighted by molar-refractivity contribution is 14.1. The Labute approximate surface area is 142 Å². The minimum Gasteiger partial charge on any atom is -0.310 e. The summed E-state index contributed by atoms with van der Waals surface area (Å²) in [6.45, 7) is 0.835. The summed E-state index contributed by atoms with van der Waals surface area (Å²) in [5.41, 5.74) is 3.89. The predicted molar refractivity (Wildman–Crippen MR) is 97.2 cm³/mol. The number of aromatic nitrogens is 2. The SMILES string of the molecule is N=c1c2ccccc2nc2n1CC/C2=C\c1ccccc1I. The van der Waals surface area contributed by atoms with Gasteiger partial charge in [-0.3, -0.25) is 5.41 Å². The summed E-state index contributed by atoms with van der Waals surface area (Å²) in [6.07, 6.45) is 3.14. The van der Waals surface area contributed by atoms with Gasteiger partial charge in [0.05, 0.1) is 5.52 Å². The molecule has 0 saturated heterocycles. The first-order chi connectivity index (χ1) is 10.7. The van der Waals surface area contributed by atoms with Gasteiger partial charge in [0, 0.05) is 15.5 Å². The molecule has 0 atom stereocenters. The van der Waals surface area contributed by atoms with Crippen LogP contribution in [0.4, 0.5) is 0 Å². The molecule has 0 saturated carbocycles. The molecular weight excluding hydrogens is 385 g/mol. The van der Waals surface area contributed by atoms with Crippen molar-refractivity contribution in [3.05, 3.63) is 69.0 Å². The number of hydrogen-bond donors (Lipinski definition) is 1. The van der Waals surface area contributed by atoms with Crippen molar-refractivity contribution in [1.82, 2.24) is 9.55 Å². The molecular formula is C18H14IN3. The van der Waals surface area contributed by atoms with E-state index in [2.05, 4.69) is 52.9 Å². The summed E-state index contributed by atoms with van der Waals surface area (Å²) < 4.78 is 3.25. The third-order valence-electron chi connectivity index (χ3n) is 4.04. The Morgan fingerprint density at radius 3 is 2.73 bits per heavy atom. The molecule has 22 heavy (non-hydrogen) atoms. The number of para-hydroxylation sites is 1. The summed E-state index contributed by atoms with van der Waals surface area (Å²) in [5, 5.41) is 9.34. The molecule has 1 aliphatic heterocycles. The van der Waals surface area contributed by atoms with Crippen LogP contribution in [0.3, 0.4) is 0 Å². The van der Waals surface area contributed by atoms with Gasteiger partial charge in [-0.05, 0) is 64.4 Å². The average molecular weight is 399 g/mol. The first kappa shape index (κ1) is 13.7. The van der Waals surface area contributed by atoms with Crippen molar-refractivity contribution < 1.29 is 0 Å². The molecule has 1 N–H and O–H groups in total. The molecule has 108 valence electrons. The number of rotatable bonds is 1. The lowest BCUT2D eigenvalue weighted by Gasteiger charge is -2.07. The maximum atomic E-state index is 8.43. The highest BCUT2D eigenvalue weighted by Crippen LogP contribution is 2.28. The van der Waals surface area contributed by atoms with Gasteiger partial charge in [0.1, 0.15) is 11.3 Å². The van der Waals surface area contributed by atoms with Crippen molar-refractivity contribution in [1.29, 1.82) is 5.41 Å². The number of hydrogen-bond acceptors (Lipinski definition) is 2. The minimum absolute atomic E-state index is 0.562. The second-order valence-electron chi connectivity index (χ2n) is 5.39. The Hall–Kier alpha value is -1.95. The molecule has 4 rings (SSSR count). The van der Waals surface area contributed by atoms with Gasteiger partial charge in [-0.25, -0.2) is 4.98 Å². The maximum absolute atomic E-state index is 8.43. The molecule has 1 aliphatic rings. The van der Waals surface area contributed by atoms with E-state index in [0.717, 1.165) is 29.7 Å². The fourth-order valence-corrected chi connectivity index (χ4v) is 3.46. The van der Waals surface area contributed by atoms with Crippen molar-refractivity contribution in [3.8, 4) is 0 Å². The first-order valence-electron chi connectivity index (χ1n) is 7.24. The zero-order valence-corrected chi connectivity index (χ0v) is 14.0. The number of allylic oxidation sites excluding steroid dienone is 1. The molecule has 3 aromatic rings. The maximum Gasteiger partial charge on any atom is 0.138 e. The van der Waals surface area contributed by atoms with Gasteiger partial charge in [-0.15, -0.1) is 0 Å². The van der Waals surface area contributed by atoms with E-state index in [0.29, 0.717) is 5.49 Å². The Bertz CT molecular complexity index is 969. The van der Waals surface area contributed by atoms with Crippen LogP contribution < -0.4 is 5.49 Å². The third kappa shape index (κ3) is 2.18.